The van der Waals surface area contributed by atoms with Gasteiger partial charge in [-0.15, -0.1) is 0 Å². The van der Waals surface area contributed by atoms with Crippen LogP contribution >= 0.6 is 0 Å². The number of carbonyl (C=O) groups excluding carboxylic acids is 1. The van der Waals surface area contributed by atoms with Crippen LogP contribution in [-0.4, -0.2) is 18.6 Å². The number of hydrogen-bond acceptors (Lipinski definition) is 3. The van der Waals surface area contributed by atoms with E-state index < -0.39 is 0 Å². The predicted molar refractivity (Wildman–Crippen MR) is 65.9 cm³/mol. The first-order valence-electron chi connectivity index (χ1n) is 6.34. The van der Waals surface area contributed by atoms with E-state index in [1.54, 1.807) is 0 Å². The summed E-state index contributed by atoms with van der Waals surface area (Å²) in [4.78, 5) is 11.8. The van der Waals surface area contributed by atoms with E-state index in [9.17, 15) is 4.79 Å². The molecule has 0 bridgehead atoms. The molecule has 1 saturated carbocycles. The summed E-state index contributed by atoms with van der Waals surface area (Å²) in [7, 11) is 0. The van der Waals surface area contributed by atoms with Crippen molar-refractivity contribution in [2.24, 2.45) is 5.92 Å². The van der Waals surface area contributed by atoms with Crippen molar-refractivity contribution in [2.75, 3.05) is 11.9 Å². The van der Waals surface area contributed by atoms with Crippen LogP contribution < -0.4 is 5.32 Å². The average Bonchev–Trinajstić information content (AvgIpc) is 3.06. The van der Waals surface area contributed by atoms with E-state index in [2.05, 4.69) is 11.4 Å². The fourth-order valence-electron chi connectivity index (χ4n) is 2.27. The zero-order valence-electron chi connectivity index (χ0n) is 9.82. The molecule has 0 aromatic heterocycles. The summed E-state index contributed by atoms with van der Waals surface area (Å²) in [5.74, 6) is 0.707. The van der Waals surface area contributed by atoms with Gasteiger partial charge in [-0.3, -0.25) is 0 Å². The molecule has 1 N–H and O–H groups in total. The Balaban J connectivity index is 1.51. The Labute approximate surface area is 101 Å². The van der Waals surface area contributed by atoms with E-state index in [0.717, 1.165) is 24.4 Å². The second kappa shape index (κ2) is 4.40. The first-order valence-corrected chi connectivity index (χ1v) is 6.34. The molecular weight excluding hydrogens is 214 g/mol. The SMILES string of the molecule is O=C(OCCC1CC1)C1Cc2ccccc2N1. The fourth-order valence-corrected chi connectivity index (χ4v) is 2.27. The largest absolute Gasteiger partial charge is 0.464 e. The normalized spacial score (nSPS) is 21.8. The van der Waals surface area contributed by atoms with E-state index >= 15 is 0 Å². The quantitative estimate of drug-likeness (QED) is 0.808. The lowest BCUT2D eigenvalue weighted by Crippen LogP contribution is -2.29. The van der Waals surface area contributed by atoms with Gasteiger partial charge in [0.25, 0.3) is 0 Å². The molecule has 90 valence electrons. The van der Waals surface area contributed by atoms with Crippen molar-refractivity contribution in [1.29, 1.82) is 0 Å². The van der Waals surface area contributed by atoms with Crippen LogP contribution in [0.4, 0.5) is 5.69 Å². The molecule has 2 aliphatic rings. The highest BCUT2D eigenvalue weighted by atomic mass is 16.5. The number of carbonyl (C=O) groups is 1. The maximum absolute atomic E-state index is 11.8. The molecule has 0 saturated heterocycles. The Kier molecular flexibility index (Phi) is 2.75. The summed E-state index contributed by atoms with van der Waals surface area (Å²) in [5, 5.41) is 3.21. The summed E-state index contributed by atoms with van der Waals surface area (Å²) < 4.78 is 5.31. The van der Waals surface area contributed by atoms with Crippen molar-refractivity contribution in [1.82, 2.24) is 0 Å². The van der Waals surface area contributed by atoms with Gasteiger partial charge in [-0.2, -0.15) is 0 Å². The predicted octanol–water partition coefficient (Wildman–Crippen LogP) is 2.37. The number of para-hydroxylation sites is 1. The summed E-state index contributed by atoms with van der Waals surface area (Å²) in [6, 6.07) is 7.85. The number of fused-ring (bicyclic) bond motifs is 1. The molecule has 1 aromatic carbocycles. The molecule has 3 rings (SSSR count). The summed E-state index contributed by atoms with van der Waals surface area (Å²) in [6.07, 6.45) is 4.40. The molecule has 1 aliphatic heterocycles. The van der Waals surface area contributed by atoms with Crippen LogP contribution in [0.2, 0.25) is 0 Å². The second-order valence-corrected chi connectivity index (χ2v) is 4.96. The minimum absolute atomic E-state index is 0.109. The lowest BCUT2D eigenvalue weighted by atomic mass is 10.1. The summed E-state index contributed by atoms with van der Waals surface area (Å²) >= 11 is 0. The topological polar surface area (TPSA) is 38.3 Å². The van der Waals surface area contributed by atoms with Gasteiger partial charge in [0, 0.05) is 12.1 Å². The molecule has 0 radical (unpaired) electrons. The van der Waals surface area contributed by atoms with Crippen LogP contribution in [0.15, 0.2) is 24.3 Å². The van der Waals surface area contributed by atoms with E-state index in [4.69, 9.17) is 4.74 Å². The van der Waals surface area contributed by atoms with E-state index in [-0.39, 0.29) is 12.0 Å². The number of nitrogens with one attached hydrogen (secondary N) is 1. The minimum Gasteiger partial charge on any atom is -0.464 e. The van der Waals surface area contributed by atoms with Crippen molar-refractivity contribution < 1.29 is 9.53 Å². The van der Waals surface area contributed by atoms with Crippen molar-refractivity contribution in [2.45, 2.75) is 31.7 Å². The van der Waals surface area contributed by atoms with Crippen molar-refractivity contribution in [3.8, 4) is 0 Å². The number of rotatable bonds is 4. The zero-order valence-corrected chi connectivity index (χ0v) is 9.82. The Morgan fingerprint density at radius 3 is 2.94 bits per heavy atom. The number of benzene rings is 1. The number of anilines is 1. The third-order valence-corrected chi connectivity index (χ3v) is 3.52. The molecule has 1 heterocycles. The first kappa shape index (κ1) is 10.6. The second-order valence-electron chi connectivity index (χ2n) is 4.96. The molecule has 1 aliphatic carbocycles. The van der Waals surface area contributed by atoms with E-state index in [0.29, 0.717) is 6.61 Å². The van der Waals surface area contributed by atoms with Gasteiger partial charge >= 0.3 is 5.97 Å². The zero-order chi connectivity index (χ0) is 11.7. The van der Waals surface area contributed by atoms with Gasteiger partial charge < -0.3 is 10.1 Å². The van der Waals surface area contributed by atoms with Gasteiger partial charge in [0.05, 0.1) is 6.61 Å². The molecule has 1 atom stereocenters. The standard InChI is InChI=1S/C14H17NO2/c16-14(17-8-7-10-5-6-10)13-9-11-3-1-2-4-12(11)15-13/h1-4,10,13,15H,5-9H2. The van der Waals surface area contributed by atoms with Crippen molar-refractivity contribution in [3.05, 3.63) is 29.8 Å². The number of ether oxygens (including phenoxy) is 1. The molecule has 0 spiro atoms. The smallest absolute Gasteiger partial charge is 0.328 e. The molecule has 3 heteroatoms. The summed E-state index contributed by atoms with van der Waals surface area (Å²) in [6.45, 7) is 0.581. The molecule has 17 heavy (non-hydrogen) atoms. The molecule has 1 unspecified atom stereocenters. The van der Waals surface area contributed by atoms with Crippen LogP contribution in [0.25, 0.3) is 0 Å². The third kappa shape index (κ3) is 2.43. The molecule has 1 aromatic rings. The van der Waals surface area contributed by atoms with Gasteiger partial charge in [0.15, 0.2) is 0 Å². The molecule has 3 nitrogen and oxygen atoms in total. The van der Waals surface area contributed by atoms with Gasteiger partial charge in [-0.25, -0.2) is 4.79 Å². The average molecular weight is 231 g/mol. The Morgan fingerprint density at radius 1 is 1.35 bits per heavy atom. The van der Waals surface area contributed by atoms with Crippen molar-refractivity contribution >= 4 is 11.7 Å². The van der Waals surface area contributed by atoms with Crippen LogP contribution in [0.5, 0.6) is 0 Å². The monoisotopic (exact) mass is 231 g/mol. The van der Waals surface area contributed by atoms with Crippen LogP contribution in [-0.2, 0) is 16.0 Å². The third-order valence-electron chi connectivity index (χ3n) is 3.52. The number of esters is 1. The number of hydrogen-bond donors (Lipinski definition) is 1. The fraction of sp³-hybridized carbons (Fsp3) is 0.500. The van der Waals surface area contributed by atoms with Crippen LogP contribution in [0, 0.1) is 5.92 Å². The molecule has 1 fully saturated rings. The highest BCUT2D eigenvalue weighted by Crippen LogP contribution is 2.32. The van der Waals surface area contributed by atoms with Gasteiger partial charge in [0.2, 0.25) is 0 Å². The maximum Gasteiger partial charge on any atom is 0.328 e. The molecule has 0 amide bonds. The highest BCUT2D eigenvalue weighted by Gasteiger charge is 2.28. The lowest BCUT2D eigenvalue weighted by molar-refractivity contribution is -0.144. The van der Waals surface area contributed by atoms with E-state index in [1.165, 1.54) is 18.4 Å². The minimum atomic E-state index is -0.188. The van der Waals surface area contributed by atoms with Gasteiger partial charge in [-0.1, -0.05) is 31.0 Å². The van der Waals surface area contributed by atoms with Gasteiger partial charge in [-0.05, 0) is 24.0 Å². The highest BCUT2D eigenvalue weighted by molar-refractivity contribution is 5.82. The first-order chi connectivity index (χ1) is 8.33. The Bertz CT molecular complexity index is 401. The van der Waals surface area contributed by atoms with Crippen LogP contribution in [0.1, 0.15) is 24.8 Å². The Hall–Kier alpha value is -1.51. The van der Waals surface area contributed by atoms with Crippen molar-refractivity contribution in [3.63, 3.8) is 0 Å². The summed E-state index contributed by atoms with van der Waals surface area (Å²) in [5.41, 5.74) is 2.27. The van der Waals surface area contributed by atoms with E-state index in [1.807, 2.05) is 18.2 Å². The molecular formula is C14H17NO2. The van der Waals surface area contributed by atoms with Crippen LogP contribution in [0.3, 0.4) is 0 Å². The Morgan fingerprint density at radius 2 is 2.18 bits per heavy atom. The van der Waals surface area contributed by atoms with Gasteiger partial charge in [0.1, 0.15) is 6.04 Å². The maximum atomic E-state index is 11.8. The lowest BCUT2D eigenvalue weighted by Gasteiger charge is -2.10.